The number of aldehydes is 1. The Hall–Kier alpha value is -1.55. The van der Waals surface area contributed by atoms with Crippen molar-refractivity contribution in [2.45, 2.75) is 20.3 Å². The number of aromatic nitrogens is 2. The Bertz CT molecular complexity index is 505. The topological polar surface area (TPSA) is 42.9 Å². The van der Waals surface area contributed by atoms with Crippen LogP contribution < -0.4 is 0 Å². The molecule has 0 aliphatic heterocycles. The molecule has 4 heteroatoms. The number of carbonyl (C=O) groups is 1. The molecule has 0 fully saturated rings. The van der Waals surface area contributed by atoms with Gasteiger partial charge in [0.2, 0.25) is 0 Å². The Morgan fingerprint density at radius 2 is 2.06 bits per heavy atom. The molecule has 0 saturated heterocycles. The van der Waals surface area contributed by atoms with E-state index in [-0.39, 0.29) is 0 Å². The number of carbonyl (C=O) groups excluding carboxylic acids is 1. The van der Waals surface area contributed by atoms with Crippen molar-refractivity contribution in [2.75, 3.05) is 0 Å². The van der Waals surface area contributed by atoms with E-state index in [0.29, 0.717) is 11.6 Å². The van der Waals surface area contributed by atoms with Crippen LogP contribution in [-0.2, 0) is 6.42 Å². The van der Waals surface area contributed by atoms with Crippen molar-refractivity contribution in [2.24, 2.45) is 5.92 Å². The molecular formula is C13H14N2OS. The van der Waals surface area contributed by atoms with Gasteiger partial charge in [0.15, 0.2) is 6.29 Å². The van der Waals surface area contributed by atoms with Gasteiger partial charge in [-0.05, 0) is 24.5 Å². The first-order valence-electron chi connectivity index (χ1n) is 5.56. The SMILES string of the molecule is CC(C)Cc1sc(-c2ccncc2)nc1C=O. The van der Waals surface area contributed by atoms with Gasteiger partial charge in [0.1, 0.15) is 10.7 Å². The molecule has 0 aliphatic rings. The van der Waals surface area contributed by atoms with Crippen LogP contribution in [0.15, 0.2) is 24.5 Å². The van der Waals surface area contributed by atoms with Crippen molar-refractivity contribution in [1.82, 2.24) is 9.97 Å². The molecule has 0 amide bonds. The highest BCUT2D eigenvalue weighted by molar-refractivity contribution is 7.15. The van der Waals surface area contributed by atoms with Crippen molar-refractivity contribution in [3.05, 3.63) is 35.1 Å². The van der Waals surface area contributed by atoms with E-state index in [1.807, 2.05) is 12.1 Å². The molecule has 2 heterocycles. The van der Waals surface area contributed by atoms with E-state index in [0.717, 1.165) is 28.2 Å². The van der Waals surface area contributed by atoms with Crippen LogP contribution in [0.2, 0.25) is 0 Å². The molecule has 2 aromatic heterocycles. The van der Waals surface area contributed by atoms with E-state index in [1.165, 1.54) is 0 Å². The van der Waals surface area contributed by atoms with Crippen LogP contribution in [0.1, 0.15) is 29.2 Å². The summed E-state index contributed by atoms with van der Waals surface area (Å²) < 4.78 is 0. The molecule has 2 rings (SSSR count). The zero-order chi connectivity index (χ0) is 12.3. The molecule has 0 N–H and O–H groups in total. The fourth-order valence-corrected chi connectivity index (χ4v) is 2.84. The molecule has 0 spiro atoms. The maximum atomic E-state index is 11.0. The third-order valence-corrected chi connectivity index (χ3v) is 3.50. The number of hydrogen-bond acceptors (Lipinski definition) is 4. The van der Waals surface area contributed by atoms with E-state index in [2.05, 4.69) is 23.8 Å². The largest absolute Gasteiger partial charge is 0.296 e. The lowest BCUT2D eigenvalue weighted by Crippen LogP contribution is -1.95. The zero-order valence-electron chi connectivity index (χ0n) is 9.88. The normalized spacial score (nSPS) is 10.8. The minimum atomic E-state index is 0.527. The third kappa shape index (κ3) is 2.77. The standard InChI is InChI=1S/C13H14N2OS/c1-9(2)7-12-11(8-16)15-13(17-12)10-3-5-14-6-4-10/h3-6,8-9H,7H2,1-2H3. The van der Waals surface area contributed by atoms with E-state index in [1.54, 1.807) is 23.7 Å². The highest BCUT2D eigenvalue weighted by Crippen LogP contribution is 2.28. The van der Waals surface area contributed by atoms with Gasteiger partial charge in [-0.25, -0.2) is 4.98 Å². The molecule has 0 unspecified atom stereocenters. The third-order valence-electron chi connectivity index (χ3n) is 2.36. The van der Waals surface area contributed by atoms with Crippen molar-refractivity contribution >= 4 is 17.6 Å². The van der Waals surface area contributed by atoms with E-state index in [4.69, 9.17) is 0 Å². The van der Waals surface area contributed by atoms with Gasteiger partial charge in [-0.1, -0.05) is 13.8 Å². The van der Waals surface area contributed by atoms with Gasteiger partial charge in [0, 0.05) is 22.8 Å². The highest BCUT2D eigenvalue weighted by atomic mass is 32.1. The number of thiazole rings is 1. The van der Waals surface area contributed by atoms with E-state index < -0.39 is 0 Å². The summed E-state index contributed by atoms with van der Waals surface area (Å²) in [5.74, 6) is 0.527. The molecule has 0 bridgehead atoms. The van der Waals surface area contributed by atoms with Crippen LogP contribution in [-0.4, -0.2) is 16.3 Å². The Morgan fingerprint density at radius 1 is 1.35 bits per heavy atom. The second-order valence-electron chi connectivity index (χ2n) is 4.28. The Morgan fingerprint density at radius 3 is 2.65 bits per heavy atom. The first-order chi connectivity index (χ1) is 8.20. The molecule has 0 radical (unpaired) electrons. The molecule has 88 valence electrons. The van der Waals surface area contributed by atoms with Crippen LogP contribution in [0, 0.1) is 5.92 Å². The molecule has 0 aliphatic carbocycles. The quantitative estimate of drug-likeness (QED) is 0.778. The van der Waals surface area contributed by atoms with E-state index >= 15 is 0 Å². The van der Waals surface area contributed by atoms with Gasteiger partial charge in [-0.15, -0.1) is 11.3 Å². The van der Waals surface area contributed by atoms with Gasteiger partial charge in [0.25, 0.3) is 0 Å². The predicted molar refractivity (Wildman–Crippen MR) is 69.3 cm³/mol. The van der Waals surface area contributed by atoms with Crippen molar-refractivity contribution in [3.8, 4) is 10.6 Å². The van der Waals surface area contributed by atoms with Crippen LogP contribution in [0.4, 0.5) is 0 Å². The monoisotopic (exact) mass is 246 g/mol. The summed E-state index contributed by atoms with van der Waals surface area (Å²) >= 11 is 1.60. The van der Waals surface area contributed by atoms with Crippen LogP contribution in [0.25, 0.3) is 10.6 Å². The maximum absolute atomic E-state index is 11.0. The molecule has 0 atom stereocenters. The second kappa shape index (κ2) is 5.19. The Kier molecular flexibility index (Phi) is 3.64. The van der Waals surface area contributed by atoms with Gasteiger partial charge >= 0.3 is 0 Å². The van der Waals surface area contributed by atoms with Crippen molar-refractivity contribution in [3.63, 3.8) is 0 Å². The van der Waals surface area contributed by atoms with Crippen molar-refractivity contribution in [1.29, 1.82) is 0 Å². The predicted octanol–water partition coefficient (Wildman–Crippen LogP) is 3.22. The van der Waals surface area contributed by atoms with Gasteiger partial charge in [-0.2, -0.15) is 0 Å². The molecule has 3 nitrogen and oxygen atoms in total. The first-order valence-corrected chi connectivity index (χ1v) is 6.37. The average Bonchev–Trinajstić information content (AvgIpc) is 2.72. The van der Waals surface area contributed by atoms with Crippen LogP contribution >= 0.6 is 11.3 Å². The number of rotatable bonds is 4. The summed E-state index contributed by atoms with van der Waals surface area (Å²) in [5.41, 5.74) is 1.60. The maximum Gasteiger partial charge on any atom is 0.169 e. The summed E-state index contributed by atoms with van der Waals surface area (Å²) in [6, 6.07) is 3.82. The van der Waals surface area contributed by atoms with Crippen LogP contribution in [0.5, 0.6) is 0 Å². The first kappa shape index (κ1) is 11.9. The summed E-state index contributed by atoms with van der Waals surface area (Å²) in [6.45, 7) is 4.28. The minimum Gasteiger partial charge on any atom is -0.296 e. The molecule has 0 aromatic carbocycles. The average molecular weight is 246 g/mol. The second-order valence-corrected chi connectivity index (χ2v) is 5.36. The fraction of sp³-hybridized carbons (Fsp3) is 0.308. The van der Waals surface area contributed by atoms with Gasteiger partial charge in [-0.3, -0.25) is 9.78 Å². The molecule has 17 heavy (non-hydrogen) atoms. The molecule has 2 aromatic rings. The minimum absolute atomic E-state index is 0.527. The number of hydrogen-bond donors (Lipinski definition) is 0. The Labute approximate surface area is 105 Å². The van der Waals surface area contributed by atoms with Gasteiger partial charge in [0.05, 0.1) is 0 Å². The van der Waals surface area contributed by atoms with E-state index in [9.17, 15) is 4.79 Å². The highest BCUT2D eigenvalue weighted by Gasteiger charge is 2.12. The summed E-state index contributed by atoms with van der Waals surface area (Å²) in [6.07, 6.45) is 5.22. The van der Waals surface area contributed by atoms with Gasteiger partial charge < -0.3 is 0 Å². The Balaban J connectivity index is 2.37. The smallest absolute Gasteiger partial charge is 0.169 e. The molecular weight excluding hydrogens is 232 g/mol. The van der Waals surface area contributed by atoms with Crippen LogP contribution in [0.3, 0.4) is 0 Å². The lowest BCUT2D eigenvalue weighted by Gasteiger charge is -2.00. The van der Waals surface area contributed by atoms with Crippen molar-refractivity contribution < 1.29 is 4.79 Å². The zero-order valence-corrected chi connectivity index (χ0v) is 10.7. The molecule has 0 saturated carbocycles. The lowest BCUT2D eigenvalue weighted by molar-refractivity contribution is 0.111. The summed E-state index contributed by atoms with van der Waals surface area (Å²) in [7, 11) is 0. The lowest BCUT2D eigenvalue weighted by atomic mass is 10.1. The fourth-order valence-electron chi connectivity index (χ4n) is 1.59. The number of pyridine rings is 1. The summed E-state index contributed by atoms with van der Waals surface area (Å²) in [4.78, 5) is 20.4. The number of nitrogens with zero attached hydrogens (tertiary/aromatic N) is 2. The summed E-state index contributed by atoms with van der Waals surface area (Å²) in [5, 5.41) is 0.894.